The van der Waals surface area contributed by atoms with E-state index in [-0.39, 0.29) is 12.1 Å². The third kappa shape index (κ3) is 2.72. The van der Waals surface area contributed by atoms with Gasteiger partial charge in [-0.25, -0.2) is 4.98 Å². The molecule has 0 spiro atoms. The Morgan fingerprint density at radius 1 is 1.30 bits per heavy atom. The number of aromatic nitrogens is 2. The molecule has 1 heterocycles. The van der Waals surface area contributed by atoms with Crippen molar-refractivity contribution in [2.75, 3.05) is 14.1 Å². The van der Waals surface area contributed by atoms with Gasteiger partial charge in [0, 0.05) is 21.1 Å². The fraction of sp³-hybridized carbons (Fsp3) is 0.333. The molecule has 0 aliphatic rings. The zero-order chi connectivity index (χ0) is 14.9. The van der Waals surface area contributed by atoms with Crippen LogP contribution in [0.4, 0.5) is 0 Å². The van der Waals surface area contributed by atoms with Crippen LogP contribution in [-0.2, 0) is 23.8 Å². The summed E-state index contributed by atoms with van der Waals surface area (Å²) in [6, 6.07) is 6.96. The molecule has 0 saturated heterocycles. The maximum Gasteiger partial charge on any atom is 0.279 e. The second-order valence-corrected chi connectivity index (χ2v) is 6.49. The van der Waals surface area contributed by atoms with E-state index in [0.29, 0.717) is 16.7 Å². The first-order valence-corrected chi connectivity index (χ1v) is 7.38. The molecule has 7 nitrogen and oxygen atoms in total. The van der Waals surface area contributed by atoms with Crippen LogP contribution in [0.2, 0.25) is 0 Å². The van der Waals surface area contributed by atoms with Crippen LogP contribution in [0.15, 0.2) is 29.1 Å². The number of rotatable bonds is 4. The Labute approximate surface area is 117 Å². The second kappa shape index (κ2) is 5.31. The molecule has 1 aromatic heterocycles. The van der Waals surface area contributed by atoms with Gasteiger partial charge < -0.3 is 0 Å². The van der Waals surface area contributed by atoms with Crippen molar-refractivity contribution >= 4 is 21.1 Å². The van der Waals surface area contributed by atoms with Gasteiger partial charge >= 0.3 is 0 Å². The topological polar surface area (TPSA) is 84.3 Å². The molecule has 0 aliphatic heterocycles. The van der Waals surface area contributed by atoms with Crippen LogP contribution in [0.3, 0.4) is 0 Å². The molecule has 1 aromatic carbocycles. The Hall–Kier alpha value is -1.77. The van der Waals surface area contributed by atoms with Gasteiger partial charge in [0.25, 0.3) is 15.8 Å². The molecular formula is C12H16N4O3S. The number of hydrogen-bond donors (Lipinski definition) is 1. The molecule has 2 rings (SSSR count). The highest BCUT2D eigenvalue weighted by molar-refractivity contribution is 7.87. The predicted octanol–water partition coefficient (Wildman–Crippen LogP) is -0.171. The predicted molar refractivity (Wildman–Crippen MR) is 76.4 cm³/mol. The smallest absolute Gasteiger partial charge is 0.279 e. The summed E-state index contributed by atoms with van der Waals surface area (Å²) < 4.78 is 28.1. The van der Waals surface area contributed by atoms with Crippen molar-refractivity contribution in [3.05, 3.63) is 40.4 Å². The summed E-state index contributed by atoms with van der Waals surface area (Å²) in [7, 11) is 0.871. The first kappa shape index (κ1) is 14.6. The van der Waals surface area contributed by atoms with Crippen molar-refractivity contribution in [2.45, 2.75) is 6.54 Å². The third-order valence-electron chi connectivity index (χ3n) is 2.97. The molecule has 0 atom stereocenters. The molecule has 0 saturated carbocycles. The molecule has 108 valence electrons. The van der Waals surface area contributed by atoms with Gasteiger partial charge in [-0.1, -0.05) is 12.1 Å². The Kier molecular flexibility index (Phi) is 3.89. The van der Waals surface area contributed by atoms with Gasteiger partial charge in [-0.15, -0.1) is 0 Å². The minimum Gasteiger partial charge on any atom is -0.298 e. The van der Waals surface area contributed by atoms with Gasteiger partial charge in [0.05, 0.1) is 17.4 Å². The number of benzene rings is 1. The summed E-state index contributed by atoms with van der Waals surface area (Å²) >= 11 is 0. The number of nitrogens with one attached hydrogen (secondary N) is 1. The fourth-order valence-corrected chi connectivity index (χ4v) is 2.28. The van der Waals surface area contributed by atoms with Crippen LogP contribution in [0.5, 0.6) is 0 Å². The van der Waals surface area contributed by atoms with Crippen LogP contribution in [0.25, 0.3) is 10.9 Å². The van der Waals surface area contributed by atoms with Crippen molar-refractivity contribution < 1.29 is 8.42 Å². The van der Waals surface area contributed by atoms with E-state index < -0.39 is 10.2 Å². The molecular weight excluding hydrogens is 280 g/mol. The Bertz CT molecular complexity index is 796. The monoisotopic (exact) mass is 296 g/mol. The lowest BCUT2D eigenvalue weighted by Crippen LogP contribution is -2.37. The molecule has 8 heteroatoms. The van der Waals surface area contributed by atoms with Crippen LogP contribution < -0.4 is 10.3 Å². The van der Waals surface area contributed by atoms with E-state index >= 15 is 0 Å². The van der Waals surface area contributed by atoms with Gasteiger partial charge in [0.15, 0.2) is 0 Å². The van der Waals surface area contributed by atoms with Crippen molar-refractivity contribution in [1.29, 1.82) is 0 Å². The van der Waals surface area contributed by atoms with Crippen molar-refractivity contribution in [2.24, 2.45) is 7.05 Å². The van der Waals surface area contributed by atoms with Crippen LogP contribution >= 0.6 is 0 Å². The summed E-state index contributed by atoms with van der Waals surface area (Å²) in [5.41, 5.74) is 0.351. The standard InChI is InChI=1S/C12H16N4O3S/c1-15(2)20(18,19)13-8-11-14-10-7-5-4-6-9(10)12(17)16(11)3/h4-7,13H,8H2,1-3H3. The lowest BCUT2D eigenvalue weighted by Gasteiger charge is -2.14. The molecule has 0 unspecified atom stereocenters. The van der Waals surface area contributed by atoms with E-state index in [4.69, 9.17) is 0 Å². The summed E-state index contributed by atoms with van der Waals surface area (Å²) in [6.07, 6.45) is 0. The lowest BCUT2D eigenvalue weighted by atomic mass is 10.2. The van der Waals surface area contributed by atoms with E-state index in [1.807, 2.05) is 0 Å². The number of para-hydroxylation sites is 1. The van der Waals surface area contributed by atoms with Crippen molar-refractivity contribution in [3.63, 3.8) is 0 Å². The highest BCUT2D eigenvalue weighted by Crippen LogP contribution is 2.07. The quantitative estimate of drug-likeness (QED) is 0.849. The molecule has 0 radical (unpaired) electrons. The molecule has 20 heavy (non-hydrogen) atoms. The molecule has 2 aromatic rings. The largest absolute Gasteiger partial charge is 0.298 e. The van der Waals surface area contributed by atoms with E-state index in [1.54, 1.807) is 31.3 Å². The minimum atomic E-state index is -3.55. The molecule has 0 fully saturated rings. The summed E-state index contributed by atoms with van der Waals surface area (Å²) in [5, 5.41) is 0.509. The minimum absolute atomic E-state index is 0.0446. The van der Waals surface area contributed by atoms with E-state index in [1.165, 1.54) is 18.7 Å². The molecule has 0 bridgehead atoms. The average molecular weight is 296 g/mol. The first-order valence-electron chi connectivity index (χ1n) is 5.94. The number of fused-ring (bicyclic) bond motifs is 1. The second-order valence-electron chi connectivity index (χ2n) is 4.52. The van der Waals surface area contributed by atoms with Gasteiger partial charge in [-0.2, -0.15) is 17.4 Å². The van der Waals surface area contributed by atoms with Gasteiger partial charge in [-0.3, -0.25) is 9.36 Å². The lowest BCUT2D eigenvalue weighted by molar-refractivity contribution is 0.502. The van der Waals surface area contributed by atoms with Crippen LogP contribution in [0, 0.1) is 0 Å². The van der Waals surface area contributed by atoms with Crippen LogP contribution in [-0.4, -0.2) is 36.4 Å². The number of hydrogen-bond acceptors (Lipinski definition) is 4. The van der Waals surface area contributed by atoms with Crippen molar-refractivity contribution in [3.8, 4) is 0 Å². The zero-order valence-corrected chi connectivity index (χ0v) is 12.3. The molecule has 1 N–H and O–H groups in total. The number of nitrogens with zero attached hydrogens (tertiary/aromatic N) is 3. The van der Waals surface area contributed by atoms with Gasteiger partial charge in [0.1, 0.15) is 5.82 Å². The highest BCUT2D eigenvalue weighted by Gasteiger charge is 2.14. The Morgan fingerprint density at radius 3 is 2.60 bits per heavy atom. The Balaban J connectivity index is 2.41. The SMILES string of the molecule is CN(C)S(=O)(=O)NCc1nc2ccccc2c(=O)n1C. The van der Waals surface area contributed by atoms with Gasteiger partial charge in [0.2, 0.25) is 0 Å². The summed E-state index contributed by atoms with van der Waals surface area (Å²) in [6.45, 7) is -0.0446. The van der Waals surface area contributed by atoms with E-state index in [0.717, 1.165) is 4.31 Å². The van der Waals surface area contributed by atoms with Crippen molar-refractivity contribution in [1.82, 2.24) is 18.6 Å². The average Bonchev–Trinajstić information content (AvgIpc) is 2.41. The fourth-order valence-electron chi connectivity index (χ4n) is 1.71. The normalized spacial score (nSPS) is 12.2. The first-order chi connectivity index (χ1) is 9.33. The summed E-state index contributed by atoms with van der Waals surface area (Å²) in [5.74, 6) is 0.360. The van der Waals surface area contributed by atoms with E-state index in [2.05, 4.69) is 9.71 Å². The van der Waals surface area contributed by atoms with Crippen LogP contribution in [0.1, 0.15) is 5.82 Å². The third-order valence-corrected chi connectivity index (χ3v) is 4.44. The highest BCUT2D eigenvalue weighted by atomic mass is 32.2. The zero-order valence-electron chi connectivity index (χ0n) is 11.5. The maximum absolute atomic E-state index is 12.1. The Morgan fingerprint density at radius 2 is 1.95 bits per heavy atom. The van der Waals surface area contributed by atoms with E-state index in [9.17, 15) is 13.2 Å². The summed E-state index contributed by atoms with van der Waals surface area (Å²) in [4.78, 5) is 16.5. The van der Waals surface area contributed by atoms with Gasteiger partial charge in [-0.05, 0) is 12.1 Å². The molecule has 0 aliphatic carbocycles. The molecule has 0 amide bonds. The maximum atomic E-state index is 12.1.